The number of anilines is 2. The van der Waals surface area contributed by atoms with E-state index >= 15 is 0 Å². The van der Waals surface area contributed by atoms with Gasteiger partial charge in [0.2, 0.25) is 5.91 Å². The summed E-state index contributed by atoms with van der Waals surface area (Å²) in [6, 6.07) is 6.70. The van der Waals surface area contributed by atoms with Gasteiger partial charge >= 0.3 is 5.97 Å². The molecule has 1 aromatic carbocycles. The normalized spacial score (nSPS) is 10.4. The van der Waals surface area contributed by atoms with E-state index in [9.17, 15) is 9.59 Å². The SMILES string of the molecule is CCOC(=O)c1cc(CC)sc1NC(=O)CNc1cc(Cl)cc(Cl)c1. The molecule has 0 aliphatic carbocycles. The van der Waals surface area contributed by atoms with Crippen LogP contribution in [0, 0.1) is 0 Å². The molecular formula is C17H18Cl2N2O3S. The minimum absolute atomic E-state index is 0.0122. The number of aryl methyl sites for hydroxylation is 1. The van der Waals surface area contributed by atoms with Crippen LogP contribution in [0.25, 0.3) is 0 Å². The number of amides is 1. The molecule has 0 radical (unpaired) electrons. The van der Waals surface area contributed by atoms with Crippen molar-refractivity contribution >= 4 is 57.1 Å². The molecule has 0 aliphatic heterocycles. The predicted octanol–water partition coefficient (Wildman–Crippen LogP) is 4.84. The average Bonchev–Trinajstić information content (AvgIpc) is 2.95. The molecule has 2 N–H and O–H groups in total. The van der Waals surface area contributed by atoms with Crippen molar-refractivity contribution in [3.8, 4) is 0 Å². The van der Waals surface area contributed by atoms with Crippen LogP contribution >= 0.6 is 34.5 Å². The lowest BCUT2D eigenvalue weighted by Crippen LogP contribution is -2.22. The molecule has 0 fully saturated rings. The van der Waals surface area contributed by atoms with Gasteiger partial charge in [0.05, 0.1) is 18.7 Å². The van der Waals surface area contributed by atoms with Crippen molar-refractivity contribution in [1.29, 1.82) is 0 Å². The molecule has 25 heavy (non-hydrogen) atoms. The van der Waals surface area contributed by atoms with Crippen LogP contribution in [0.3, 0.4) is 0 Å². The second-order valence-electron chi connectivity index (χ2n) is 5.09. The van der Waals surface area contributed by atoms with Gasteiger partial charge in [-0.05, 0) is 37.6 Å². The number of thiophene rings is 1. The number of hydrogen-bond acceptors (Lipinski definition) is 5. The van der Waals surface area contributed by atoms with Crippen molar-refractivity contribution < 1.29 is 14.3 Å². The van der Waals surface area contributed by atoms with Gasteiger partial charge in [0.1, 0.15) is 5.00 Å². The van der Waals surface area contributed by atoms with E-state index in [0.717, 1.165) is 11.3 Å². The molecule has 1 amide bonds. The van der Waals surface area contributed by atoms with Gasteiger partial charge in [-0.1, -0.05) is 30.1 Å². The van der Waals surface area contributed by atoms with Crippen LogP contribution in [-0.2, 0) is 16.0 Å². The Kier molecular flexibility index (Phi) is 7.11. The van der Waals surface area contributed by atoms with Gasteiger partial charge in [-0.25, -0.2) is 4.79 Å². The molecule has 0 bridgehead atoms. The number of carbonyl (C=O) groups excluding carboxylic acids is 2. The first-order chi connectivity index (χ1) is 11.9. The van der Waals surface area contributed by atoms with Crippen LogP contribution in [0.2, 0.25) is 10.0 Å². The fraction of sp³-hybridized carbons (Fsp3) is 0.294. The van der Waals surface area contributed by atoms with Gasteiger partial charge < -0.3 is 15.4 Å². The summed E-state index contributed by atoms with van der Waals surface area (Å²) in [5.74, 6) is -0.727. The number of carbonyl (C=O) groups is 2. The number of halogens is 2. The van der Waals surface area contributed by atoms with Crippen LogP contribution in [0.4, 0.5) is 10.7 Å². The van der Waals surface area contributed by atoms with Gasteiger partial charge in [0.15, 0.2) is 0 Å². The summed E-state index contributed by atoms with van der Waals surface area (Å²) in [7, 11) is 0. The topological polar surface area (TPSA) is 67.4 Å². The molecule has 5 nitrogen and oxygen atoms in total. The smallest absolute Gasteiger partial charge is 0.341 e. The number of esters is 1. The van der Waals surface area contributed by atoms with Crippen LogP contribution < -0.4 is 10.6 Å². The highest BCUT2D eigenvalue weighted by Crippen LogP contribution is 2.29. The third-order valence-corrected chi connectivity index (χ3v) is 4.83. The van der Waals surface area contributed by atoms with Crippen molar-refractivity contribution in [2.45, 2.75) is 20.3 Å². The maximum Gasteiger partial charge on any atom is 0.341 e. The first-order valence-electron chi connectivity index (χ1n) is 7.72. The minimum atomic E-state index is -0.441. The van der Waals surface area contributed by atoms with Gasteiger partial charge in [0, 0.05) is 20.6 Å². The molecule has 8 heteroatoms. The number of hydrogen-bond donors (Lipinski definition) is 2. The second kappa shape index (κ2) is 9.08. The lowest BCUT2D eigenvalue weighted by molar-refractivity contribution is -0.114. The Morgan fingerprint density at radius 3 is 2.40 bits per heavy atom. The largest absolute Gasteiger partial charge is 0.462 e. The van der Waals surface area contributed by atoms with Crippen LogP contribution in [0.1, 0.15) is 29.1 Å². The van der Waals surface area contributed by atoms with E-state index < -0.39 is 5.97 Å². The van der Waals surface area contributed by atoms with Gasteiger partial charge in [-0.3, -0.25) is 4.79 Å². The molecular weight excluding hydrogens is 383 g/mol. The lowest BCUT2D eigenvalue weighted by Gasteiger charge is -2.09. The number of ether oxygens (including phenoxy) is 1. The summed E-state index contributed by atoms with van der Waals surface area (Å²) in [5, 5.41) is 7.15. The summed E-state index contributed by atoms with van der Waals surface area (Å²) in [5.41, 5.74) is 1.02. The van der Waals surface area contributed by atoms with Gasteiger partial charge in [0.25, 0.3) is 0 Å². The van der Waals surface area contributed by atoms with E-state index in [-0.39, 0.29) is 19.1 Å². The van der Waals surface area contributed by atoms with Crippen molar-refractivity contribution in [3.05, 3.63) is 44.8 Å². The number of rotatable bonds is 7. The Morgan fingerprint density at radius 2 is 1.80 bits per heavy atom. The van der Waals surface area contributed by atoms with E-state index in [1.165, 1.54) is 11.3 Å². The predicted molar refractivity (Wildman–Crippen MR) is 103 cm³/mol. The van der Waals surface area contributed by atoms with Gasteiger partial charge in [-0.15, -0.1) is 11.3 Å². The van der Waals surface area contributed by atoms with Crippen molar-refractivity contribution in [2.75, 3.05) is 23.8 Å². The maximum absolute atomic E-state index is 12.2. The van der Waals surface area contributed by atoms with E-state index in [0.29, 0.717) is 26.3 Å². The minimum Gasteiger partial charge on any atom is -0.462 e. The first-order valence-corrected chi connectivity index (χ1v) is 9.29. The van der Waals surface area contributed by atoms with E-state index in [4.69, 9.17) is 27.9 Å². The summed E-state index contributed by atoms with van der Waals surface area (Å²) >= 11 is 13.2. The molecule has 1 heterocycles. The molecule has 2 aromatic rings. The Bertz CT molecular complexity index is 757. The van der Waals surface area contributed by atoms with Gasteiger partial charge in [-0.2, -0.15) is 0 Å². The maximum atomic E-state index is 12.2. The Hall–Kier alpha value is -1.76. The zero-order chi connectivity index (χ0) is 18.4. The fourth-order valence-electron chi connectivity index (χ4n) is 2.08. The third kappa shape index (κ3) is 5.63. The van der Waals surface area contributed by atoms with Crippen molar-refractivity contribution in [1.82, 2.24) is 0 Å². The summed E-state index contributed by atoms with van der Waals surface area (Å²) in [6.07, 6.45) is 0.770. The molecule has 134 valence electrons. The summed E-state index contributed by atoms with van der Waals surface area (Å²) < 4.78 is 5.04. The van der Waals surface area contributed by atoms with Crippen molar-refractivity contribution in [2.24, 2.45) is 0 Å². The van der Waals surface area contributed by atoms with Crippen LogP contribution in [0.15, 0.2) is 24.3 Å². The molecule has 0 aliphatic rings. The highest BCUT2D eigenvalue weighted by molar-refractivity contribution is 7.16. The molecule has 1 aromatic heterocycles. The summed E-state index contributed by atoms with van der Waals surface area (Å²) in [6.45, 7) is 4.01. The molecule has 0 saturated heterocycles. The zero-order valence-electron chi connectivity index (χ0n) is 13.8. The van der Waals surface area contributed by atoms with Crippen molar-refractivity contribution in [3.63, 3.8) is 0 Å². The standard InChI is InChI=1S/C17H18Cl2N2O3S/c1-3-13-8-14(17(23)24-4-2)16(25-13)21-15(22)9-20-12-6-10(18)5-11(19)7-12/h5-8,20H,3-4,9H2,1-2H3,(H,21,22). The highest BCUT2D eigenvalue weighted by atomic mass is 35.5. The van der Waals surface area contributed by atoms with Crippen LogP contribution in [-0.4, -0.2) is 25.0 Å². The van der Waals surface area contributed by atoms with E-state index in [2.05, 4.69) is 10.6 Å². The Balaban J connectivity index is 2.04. The fourth-order valence-corrected chi connectivity index (χ4v) is 3.61. The van der Waals surface area contributed by atoms with E-state index in [1.54, 1.807) is 31.2 Å². The van der Waals surface area contributed by atoms with E-state index in [1.807, 2.05) is 6.92 Å². The van der Waals surface area contributed by atoms with Crippen LogP contribution in [0.5, 0.6) is 0 Å². The summed E-state index contributed by atoms with van der Waals surface area (Å²) in [4.78, 5) is 25.2. The average molecular weight is 401 g/mol. The Morgan fingerprint density at radius 1 is 1.12 bits per heavy atom. The lowest BCUT2D eigenvalue weighted by atomic mass is 10.2. The highest BCUT2D eigenvalue weighted by Gasteiger charge is 2.18. The zero-order valence-corrected chi connectivity index (χ0v) is 16.1. The quantitative estimate of drug-likeness (QED) is 0.652. The Labute approximate surface area is 160 Å². The molecule has 0 spiro atoms. The number of benzene rings is 1. The molecule has 0 unspecified atom stereocenters. The molecule has 0 saturated carbocycles. The second-order valence-corrected chi connectivity index (χ2v) is 7.10. The monoisotopic (exact) mass is 400 g/mol. The first kappa shape index (κ1) is 19.6. The number of nitrogens with one attached hydrogen (secondary N) is 2. The third-order valence-electron chi connectivity index (χ3n) is 3.20. The molecule has 0 atom stereocenters. The molecule has 2 rings (SSSR count).